The van der Waals surface area contributed by atoms with Crippen LogP contribution in [0, 0.1) is 18.8 Å². The first kappa shape index (κ1) is 30.4. The molecule has 4 rings (SSSR count). The second-order valence-corrected chi connectivity index (χ2v) is 13.6. The number of aliphatic hydroxyl groups is 1. The standard InChI is InChI=1S/C32H45N3O4S/c1-21-25(15-10-16-28(21)36)30(38)33-26(20-40-24-13-6-5-7-14-24)29(37)19-35-18-23-12-9-8-11-22(23)17-27(35)31(39)34-32(2,3)4/h5-7,10,13-16,22-23,26-27,29,36-37H,8-9,11-12,17-20H2,1-4H3,(H,33,38)(H,34,39)/t22-,23+,26-,27+,29+/m0/s1. The number of likely N-dealkylation sites (tertiary alicyclic amines) is 1. The number of thioether (sulfide) groups is 1. The Balaban J connectivity index is 1.54. The molecular weight excluding hydrogens is 522 g/mol. The Bertz CT molecular complexity index is 1150. The van der Waals surface area contributed by atoms with Crippen LogP contribution >= 0.6 is 11.8 Å². The van der Waals surface area contributed by atoms with Gasteiger partial charge in [0.25, 0.3) is 5.91 Å². The van der Waals surface area contributed by atoms with E-state index in [-0.39, 0.29) is 29.1 Å². The van der Waals surface area contributed by atoms with Gasteiger partial charge in [-0.05, 0) is 76.6 Å². The number of β-amino-alcohol motifs (C(OH)–C–C–N with tert-alkyl or cyclic N) is 1. The summed E-state index contributed by atoms with van der Waals surface area (Å²) >= 11 is 1.57. The predicted octanol–water partition coefficient (Wildman–Crippen LogP) is 4.75. The highest BCUT2D eigenvalue weighted by molar-refractivity contribution is 7.99. The van der Waals surface area contributed by atoms with Gasteiger partial charge in [-0.25, -0.2) is 0 Å². The van der Waals surface area contributed by atoms with Gasteiger partial charge < -0.3 is 20.8 Å². The predicted molar refractivity (Wildman–Crippen MR) is 161 cm³/mol. The number of amides is 2. The average molecular weight is 568 g/mol. The smallest absolute Gasteiger partial charge is 0.252 e. The van der Waals surface area contributed by atoms with Crippen LogP contribution in [0.25, 0.3) is 0 Å². The summed E-state index contributed by atoms with van der Waals surface area (Å²) in [5, 5.41) is 28.0. The first-order valence-corrected chi connectivity index (χ1v) is 15.5. The molecule has 0 aromatic heterocycles. The number of nitrogens with zero attached hydrogens (tertiary/aromatic N) is 1. The van der Waals surface area contributed by atoms with Crippen molar-refractivity contribution in [3.8, 4) is 5.75 Å². The van der Waals surface area contributed by atoms with E-state index in [2.05, 4.69) is 15.5 Å². The molecule has 2 aliphatic rings. The second kappa shape index (κ2) is 13.4. The van der Waals surface area contributed by atoms with Gasteiger partial charge in [-0.15, -0.1) is 11.8 Å². The van der Waals surface area contributed by atoms with E-state index in [4.69, 9.17) is 0 Å². The quantitative estimate of drug-likeness (QED) is 0.327. The van der Waals surface area contributed by atoms with E-state index in [0.29, 0.717) is 35.3 Å². The summed E-state index contributed by atoms with van der Waals surface area (Å²) in [7, 11) is 0. The van der Waals surface area contributed by atoms with E-state index in [1.165, 1.54) is 12.8 Å². The van der Waals surface area contributed by atoms with Crippen LogP contribution in [0.1, 0.15) is 68.8 Å². The van der Waals surface area contributed by atoms with Gasteiger partial charge in [0.2, 0.25) is 5.91 Å². The van der Waals surface area contributed by atoms with Gasteiger partial charge in [0.1, 0.15) is 5.75 Å². The molecule has 1 heterocycles. The molecule has 5 atom stereocenters. The fourth-order valence-electron chi connectivity index (χ4n) is 6.06. The lowest BCUT2D eigenvalue weighted by molar-refractivity contribution is -0.132. The molecule has 2 aromatic rings. The van der Waals surface area contributed by atoms with Crippen molar-refractivity contribution >= 4 is 23.6 Å². The Kier molecular flexibility index (Phi) is 10.2. The van der Waals surface area contributed by atoms with E-state index in [1.54, 1.807) is 36.9 Å². The summed E-state index contributed by atoms with van der Waals surface area (Å²) in [6, 6.07) is 13.9. The maximum Gasteiger partial charge on any atom is 0.252 e. The Morgan fingerprint density at radius 3 is 2.45 bits per heavy atom. The van der Waals surface area contributed by atoms with Gasteiger partial charge in [0.05, 0.1) is 18.2 Å². The molecule has 0 radical (unpaired) electrons. The molecule has 1 aliphatic carbocycles. The second-order valence-electron chi connectivity index (χ2n) is 12.5. The van der Waals surface area contributed by atoms with Crippen molar-refractivity contribution in [1.82, 2.24) is 15.5 Å². The number of aliphatic hydroxyl groups excluding tert-OH is 1. The number of aromatic hydroxyl groups is 1. The van der Waals surface area contributed by atoms with Gasteiger partial charge in [0, 0.05) is 40.4 Å². The Morgan fingerprint density at radius 1 is 1.05 bits per heavy atom. The number of benzene rings is 2. The minimum atomic E-state index is -0.886. The molecule has 2 fully saturated rings. The Morgan fingerprint density at radius 2 is 1.75 bits per heavy atom. The first-order chi connectivity index (χ1) is 19.0. The number of carbonyl (C=O) groups excluding carboxylic acids is 2. The van der Waals surface area contributed by atoms with Crippen molar-refractivity contribution in [3.63, 3.8) is 0 Å². The number of nitrogens with one attached hydrogen (secondary N) is 2. The highest BCUT2D eigenvalue weighted by Gasteiger charge is 2.41. The van der Waals surface area contributed by atoms with Crippen LogP contribution in [0.15, 0.2) is 53.4 Å². The number of hydrogen-bond donors (Lipinski definition) is 4. The van der Waals surface area contributed by atoms with Crippen molar-refractivity contribution in [2.24, 2.45) is 11.8 Å². The van der Waals surface area contributed by atoms with Crippen LogP contribution in [0.2, 0.25) is 0 Å². The van der Waals surface area contributed by atoms with Crippen LogP contribution in [0.5, 0.6) is 5.75 Å². The molecule has 0 unspecified atom stereocenters. The molecule has 1 saturated heterocycles. The SMILES string of the molecule is Cc1c(O)cccc1C(=O)N[C@@H](CSc1ccccc1)[C@H](O)CN1C[C@H]2CCCC[C@H]2C[C@@H]1C(=O)NC(C)(C)C. The summed E-state index contributed by atoms with van der Waals surface area (Å²) < 4.78 is 0. The Labute approximate surface area is 243 Å². The molecule has 8 heteroatoms. The van der Waals surface area contributed by atoms with Crippen molar-refractivity contribution in [2.45, 2.75) is 88.4 Å². The fourth-order valence-corrected chi connectivity index (χ4v) is 7.09. The van der Waals surface area contributed by atoms with E-state index >= 15 is 0 Å². The summed E-state index contributed by atoms with van der Waals surface area (Å²) in [6.45, 7) is 8.76. The average Bonchev–Trinajstić information content (AvgIpc) is 2.91. The molecule has 1 saturated carbocycles. The fraction of sp³-hybridized carbons (Fsp3) is 0.562. The van der Waals surface area contributed by atoms with Crippen LogP contribution in [0.4, 0.5) is 0 Å². The minimum Gasteiger partial charge on any atom is -0.508 e. The third-order valence-electron chi connectivity index (χ3n) is 8.23. The maximum atomic E-state index is 13.5. The van der Waals surface area contributed by atoms with E-state index in [1.807, 2.05) is 51.1 Å². The number of fused-ring (bicyclic) bond motifs is 1. The van der Waals surface area contributed by atoms with Crippen molar-refractivity contribution in [3.05, 3.63) is 59.7 Å². The highest BCUT2D eigenvalue weighted by Crippen LogP contribution is 2.39. The topological polar surface area (TPSA) is 102 Å². The van der Waals surface area contributed by atoms with Gasteiger partial charge in [-0.2, -0.15) is 0 Å². The largest absolute Gasteiger partial charge is 0.508 e. The van der Waals surface area contributed by atoms with Gasteiger partial charge >= 0.3 is 0 Å². The van der Waals surface area contributed by atoms with Gasteiger partial charge in [-0.1, -0.05) is 43.5 Å². The van der Waals surface area contributed by atoms with E-state index in [0.717, 1.165) is 30.7 Å². The molecule has 1 aliphatic heterocycles. The molecule has 4 N–H and O–H groups in total. The third-order valence-corrected chi connectivity index (χ3v) is 9.36. The molecule has 40 heavy (non-hydrogen) atoms. The van der Waals surface area contributed by atoms with Crippen LogP contribution in [-0.2, 0) is 4.79 Å². The first-order valence-electron chi connectivity index (χ1n) is 14.5. The summed E-state index contributed by atoms with van der Waals surface area (Å²) in [4.78, 5) is 30.0. The van der Waals surface area contributed by atoms with Gasteiger partial charge in [-0.3, -0.25) is 14.5 Å². The van der Waals surface area contributed by atoms with Crippen molar-refractivity contribution < 1.29 is 19.8 Å². The normalized spacial score (nSPS) is 23.1. The molecule has 218 valence electrons. The molecule has 0 bridgehead atoms. The maximum absolute atomic E-state index is 13.5. The lowest BCUT2D eigenvalue weighted by atomic mass is 9.72. The Hall–Kier alpha value is -2.55. The molecular formula is C32H45N3O4S. The van der Waals surface area contributed by atoms with E-state index < -0.39 is 12.1 Å². The number of piperidine rings is 1. The van der Waals surface area contributed by atoms with Gasteiger partial charge in [0.15, 0.2) is 0 Å². The van der Waals surface area contributed by atoms with Crippen LogP contribution < -0.4 is 10.6 Å². The number of phenolic OH excluding ortho intramolecular Hbond substituents is 1. The number of hydrogen-bond acceptors (Lipinski definition) is 6. The molecule has 2 aromatic carbocycles. The summed E-state index contributed by atoms with van der Waals surface area (Å²) in [5.74, 6) is 1.27. The number of rotatable bonds is 9. The summed E-state index contributed by atoms with van der Waals surface area (Å²) in [6.07, 6.45) is 4.67. The zero-order chi connectivity index (χ0) is 28.9. The minimum absolute atomic E-state index is 0.0124. The summed E-state index contributed by atoms with van der Waals surface area (Å²) in [5.41, 5.74) is 0.543. The molecule has 0 spiro atoms. The number of phenols is 1. The molecule has 7 nitrogen and oxygen atoms in total. The third kappa shape index (κ3) is 8.02. The van der Waals surface area contributed by atoms with Crippen LogP contribution in [-0.4, -0.2) is 69.5 Å². The van der Waals surface area contributed by atoms with Crippen molar-refractivity contribution in [1.29, 1.82) is 0 Å². The molecule has 2 amide bonds. The lowest BCUT2D eigenvalue weighted by Crippen LogP contribution is -2.60. The van der Waals surface area contributed by atoms with Crippen LogP contribution in [0.3, 0.4) is 0 Å². The number of carbonyl (C=O) groups is 2. The monoisotopic (exact) mass is 567 g/mol. The highest BCUT2D eigenvalue weighted by atomic mass is 32.2. The lowest BCUT2D eigenvalue weighted by Gasteiger charge is -2.47. The van der Waals surface area contributed by atoms with Crippen molar-refractivity contribution in [2.75, 3.05) is 18.8 Å². The zero-order valence-corrected chi connectivity index (χ0v) is 25.0. The van der Waals surface area contributed by atoms with E-state index in [9.17, 15) is 19.8 Å². The zero-order valence-electron chi connectivity index (χ0n) is 24.2.